The van der Waals surface area contributed by atoms with Gasteiger partial charge in [-0.1, -0.05) is 26.0 Å². The Labute approximate surface area is 156 Å². The van der Waals surface area contributed by atoms with Crippen molar-refractivity contribution >= 4 is 23.6 Å². The van der Waals surface area contributed by atoms with Gasteiger partial charge in [0.2, 0.25) is 5.78 Å². The molecule has 7 nitrogen and oxygen atoms in total. The van der Waals surface area contributed by atoms with Gasteiger partial charge in [0.15, 0.2) is 6.61 Å². The lowest BCUT2D eigenvalue weighted by atomic mass is 10.0. The van der Waals surface area contributed by atoms with Crippen molar-refractivity contribution in [1.29, 1.82) is 0 Å². The van der Waals surface area contributed by atoms with E-state index in [1.807, 2.05) is 13.8 Å². The lowest BCUT2D eigenvalue weighted by molar-refractivity contribution is -0.147. The predicted molar refractivity (Wildman–Crippen MR) is 96.3 cm³/mol. The first-order chi connectivity index (χ1) is 12.9. The van der Waals surface area contributed by atoms with Gasteiger partial charge in [0.25, 0.3) is 11.8 Å². The number of nitrogens with zero attached hydrogens (tertiary/aromatic N) is 1. The Morgan fingerprint density at radius 3 is 2.19 bits per heavy atom. The number of benzene rings is 1. The van der Waals surface area contributed by atoms with Crippen LogP contribution in [0, 0.1) is 5.92 Å². The topological polar surface area (TPSA) is 96.5 Å². The molecular weight excluding hydrogens is 348 g/mol. The van der Waals surface area contributed by atoms with Gasteiger partial charge >= 0.3 is 5.97 Å². The van der Waals surface area contributed by atoms with Crippen molar-refractivity contribution in [3.05, 3.63) is 59.4 Å². The van der Waals surface area contributed by atoms with E-state index in [0.29, 0.717) is 5.69 Å². The summed E-state index contributed by atoms with van der Waals surface area (Å²) in [6, 6.07) is 8.61. The van der Waals surface area contributed by atoms with Crippen LogP contribution >= 0.6 is 0 Å². The van der Waals surface area contributed by atoms with Crippen LogP contribution in [0.15, 0.2) is 42.6 Å². The highest BCUT2D eigenvalue weighted by Gasteiger charge is 2.43. The molecule has 0 saturated heterocycles. The van der Waals surface area contributed by atoms with Crippen molar-refractivity contribution in [3.8, 4) is 0 Å². The highest BCUT2D eigenvalue weighted by atomic mass is 16.5. The van der Waals surface area contributed by atoms with E-state index < -0.39 is 30.4 Å². The number of esters is 1. The Kier molecular flexibility index (Phi) is 5.21. The van der Waals surface area contributed by atoms with Crippen molar-refractivity contribution in [3.63, 3.8) is 0 Å². The maximum atomic E-state index is 12.7. The molecule has 1 aliphatic heterocycles. The number of carbonyl (C=O) groups excluding carboxylic acids is 4. The van der Waals surface area contributed by atoms with Crippen LogP contribution in [0.25, 0.3) is 0 Å². The number of amides is 2. The molecule has 3 rings (SSSR count). The van der Waals surface area contributed by atoms with Crippen molar-refractivity contribution in [2.75, 3.05) is 6.61 Å². The van der Waals surface area contributed by atoms with E-state index in [2.05, 4.69) is 4.98 Å². The molecule has 1 N–H and O–H groups in total. The van der Waals surface area contributed by atoms with E-state index >= 15 is 0 Å². The minimum absolute atomic E-state index is 0.0333. The number of H-pyrrole nitrogens is 1. The second-order valence-electron chi connectivity index (χ2n) is 6.79. The minimum Gasteiger partial charge on any atom is -0.456 e. The summed E-state index contributed by atoms with van der Waals surface area (Å²) in [6.45, 7) is 3.29. The number of Topliss-reactive ketones (excluding diaryl/α,β-unsaturated/α-hetero) is 1. The van der Waals surface area contributed by atoms with Crippen LogP contribution < -0.4 is 0 Å². The van der Waals surface area contributed by atoms with Crippen LogP contribution in [0.2, 0.25) is 0 Å². The Balaban J connectivity index is 1.78. The van der Waals surface area contributed by atoms with Gasteiger partial charge in [-0.25, -0.2) is 4.79 Å². The smallest absolute Gasteiger partial charge is 0.329 e. The van der Waals surface area contributed by atoms with Crippen LogP contribution in [0.3, 0.4) is 0 Å². The van der Waals surface area contributed by atoms with E-state index in [9.17, 15) is 19.2 Å². The number of rotatable bonds is 7. The Morgan fingerprint density at radius 2 is 1.67 bits per heavy atom. The molecule has 2 heterocycles. The molecule has 0 aliphatic carbocycles. The van der Waals surface area contributed by atoms with Crippen LogP contribution in [-0.4, -0.2) is 46.1 Å². The van der Waals surface area contributed by atoms with Crippen LogP contribution in [0.5, 0.6) is 0 Å². The quantitative estimate of drug-likeness (QED) is 0.460. The molecule has 140 valence electrons. The van der Waals surface area contributed by atoms with Crippen LogP contribution in [0.1, 0.15) is 51.5 Å². The molecule has 1 atom stereocenters. The first-order valence-corrected chi connectivity index (χ1v) is 8.70. The monoisotopic (exact) mass is 368 g/mol. The highest BCUT2D eigenvalue weighted by Crippen LogP contribution is 2.27. The maximum Gasteiger partial charge on any atom is 0.329 e. The normalized spacial score (nSPS) is 14.4. The fraction of sp³-hybridized carbons (Fsp3) is 0.300. The first-order valence-electron chi connectivity index (χ1n) is 8.70. The third-order valence-corrected chi connectivity index (χ3v) is 4.35. The summed E-state index contributed by atoms with van der Waals surface area (Å²) in [7, 11) is 0. The third-order valence-electron chi connectivity index (χ3n) is 4.35. The van der Waals surface area contributed by atoms with Gasteiger partial charge in [-0.15, -0.1) is 0 Å². The number of hydrogen-bond acceptors (Lipinski definition) is 5. The molecule has 0 spiro atoms. The second kappa shape index (κ2) is 7.57. The summed E-state index contributed by atoms with van der Waals surface area (Å²) < 4.78 is 5.14. The zero-order chi connectivity index (χ0) is 19.6. The average molecular weight is 368 g/mol. The number of fused-ring (bicyclic) bond motifs is 1. The molecule has 2 aromatic rings. The lowest BCUT2D eigenvalue weighted by Crippen LogP contribution is -2.46. The number of carbonyl (C=O) groups is 4. The number of aromatic nitrogens is 1. The van der Waals surface area contributed by atoms with Gasteiger partial charge in [-0.2, -0.15) is 0 Å². The Morgan fingerprint density at radius 1 is 1.04 bits per heavy atom. The Hall–Kier alpha value is -3.22. The zero-order valence-electron chi connectivity index (χ0n) is 15.1. The van der Waals surface area contributed by atoms with E-state index in [-0.39, 0.29) is 29.2 Å². The van der Waals surface area contributed by atoms with Gasteiger partial charge in [-0.3, -0.25) is 19.3 Å². The minimum atomic E-state index is -1.08. The number of hydrogen-bond donors (Lipinski definition) is 1. The number of nitrogens with one attached hydrogen (secondary N) is 1. The summed E-state index contributed by atoms with van der Waals surface area (Å²) in [6.07, 6.45) is 1.84. The van der Waals surface area contributed by atoms with Crippen molar-refractivity contribution in [1.82, 2.24) is 9.88 Å². The van der Waals surface area contributed by atoms with E-state index in [4.69, 9.17) is 4.74 Å². The van der Waals surface area contributed by atoms with Crippen LogP contribution in [0.4, 0.5) is 0 Å². The molecular formula is C20H20N2O5. The molecule has 27 heavy (non-hydrogen) atoms. The van der Waals surface area contributed by atoms with Gasteiger partial charge in [0.1, 0.15) is 6.04 Å². The van der Waals surface area contributed by atoms with Gasteiger partial charge in [0, 0.05) is 6.20 Å². The zero-order valence-corrected chi connectivity index (χ0v) is 15.1. The molecule has 0 saturated carbocycles. The van der Waals surface area contributed by atoms with E-state index in [0.717, 1.165) is 4.90 Å². The number of ketones is 1. The molecule has 0 fully saturated rings. The number of imide groups is 1. The molecule has 7 heteroatoms. The lowest BCUT2D eigenvalue weighted by Gasteiger charge is -2.25. The molecule has 1 aliphatic rings. The summed E-state index contributed by atoms with van der Waals surface area (Å²) in [5.41, 5.74) is 0.863. The predicted octanol–water partition coefficient (Wildman–Crippen LogP) is 2.45. The fourth-order valence-corrected chi connectivity index (χ4v) is 3.06. The number of aromatic amines is 1. The summed E-state index contributed by atoms with van der Waals surface area (Å²) in [5, 5.41) is 0. The summed E-state index contributed by atoms with van der Waals surface area (Å²) >= 11 is 0. The third kappa shape index (κ3) is 3.67. The van der Waals surface area contributed by atoms with Crippen molar-refractivity contribution in [2.45, 2.75) is 26.3 Å². The molecule has 0 bridgehead atoms. The second-order valence-corrected chi connectivity index (χ2v) is 6.79. The largest absolute Gasteiger partial charge is 0.456 e. The standard InChI is InChI=1S/C20H20N2O5/c1-12(2)10-16(20(26)27-11-17(23)15-8-5-9-21-15)22-18(24)13-6-3-4-7-14(13)19(22)25/h3-9,12,16,21H,10-11H2,1-2H3/t16-/m1/s1. The van der Waals surface area contributed by atoms with Gasteiger partial charge < -0.3 is 9.72 Å². The first kappa shape index (κ1) is 18.6. The molecule has 0 radical (unpaired) electrons. The van der Waals surface area contributed by atoms with Crippen molar-refractivity contribution < 1.29 is 23.9 Å². The molecule has 2 amide bonds. The molecule has 0 unspecified atom stereocenters. The fourth-order valence-electron chi connectivity index (χ4n) is 3.06. The highest BCUT2D eigenvalue weighted by molar-refractivity contribution is 6.22. The average Bonchev–Trinajstić information content (AvgIpc) is 3.26. The SMILES string of the molecule is CC(C)C[C@H](C(=O)OCC(=O)c1ccc[nH]1)N1C(=O)c2ccccc2C1=O. The van der Waals surface area contributed by atoms with Crippen LogP contribution in [-0.2, 0) is 9.53 Å². The maximum absolute atomic E-state index is 12.7. The molecule has 1 aromatic heterocycles. The van der Waals surface area contributed by atoms with E-state index in [1.165, 1.54) is 0 Å². The Bertz CT molecular complexity index is 851. The summed E-state index contributed by atoms with van der Waals surface area (Å²) in [4.78, 5) is 53.7. The van der Waals surface area contributed by atoms with Crippen molar-refractivity contribution in [2.24, 2.45) is 5.92 Å². The van der Waals surface area contributed by atoms with E-state index in [1.54, 1.807) is 42.6 Å². The van der Waals surface area contributed by atoms with Gasteiger partial charge in [-0.05, 0) is 36.6 Å². The molecule has 1 aromatic carbocycles. The number of ether oxygens (including phenoxy) is 1. The summed E-state index contributed by atoms with van der Waals surface area (Å²) in [5.74, 6) is -2.16. The van der Waals surface area contributed by atoms with Gasteiger partial charge in [0.05, 0.1) is 16.8 Å².